The molecule has 9 heteroatoms. The van der Waals surface area contributed by atoms with Crippen molar-refractivity contribution in [2.45, 2.75) is 32.1 Å². The number of aryl methyl sites for hydroxylation is 1. The monoisotopic (exact) mass is 319 g/mol. The van der Waals surface area contributed by atoms with E-state index in [2.05, 4.69) is 9.72 Å². The van der Waals surface area contributed by atoms with Crippen molar-refractivity contribution in [1.82, 2.24) is 10.3 Å². The highest BCUT2D eigenvalue weighted by molar-refractivity contribution is 5.91. The number of anilines is 1. The lowest BCUT2D eigenvalue weighted by Crippen LogP contribution is -2.69. The molecule has 22 heavy (non-hydrogen) atoms. The molecule has 0 saturated carbocycles. The second-order valence-corrected chi connectivity index (χ2v) is 4.48. The molecule has 0 radical (unpaired) electrons. The molecular weight excluding hydrogens is 303 g/mol. The lowest BCUT2D eigenvalue weighted by molar-refractivity contribution is -0.206. The molecule has 1 aromatic heterocycles. The van der Waals surface area contributed by atoms with Crippen LogP contribution in [0.15, 0.2) is 18.3 Å². The van der Waals surface area contributed by atoms with Gasteiger partial charge in [-0.1, -0.05) is 6.92 Å². The molecule has 0 aromatic carbocycles. The largest absolute Gasteiger partial charge is 0.466 e. The number of hydrogen-bond donors (Lipinski definition) is 2. The van der Waals surface area contributed by atoms with Gasteiger partial charge in [0.15, 0.2) is 0 Å². The summed E-state index contributed by atoms with van der Waals surface area (Å²) >= 11 is 0. The maximum absolute atomic E-state index is 13.5. The average molecular weight is 319 g/mol. The van der Waals surface area contributed by atoms with Crippen molar-refractivity contribution in [2.75, 3.05) is 12.4 Å². The minimum Gasteiger partial charge on any atom is -0.466 e. The fourth-order valence-electron chi connectivity index (χ4n) is 1.64. The van der Waals surface area contributed by atoms with Crippen LogP contribution >= 0.6 is 0 Å². The van der Waals surface area contributed by atoms with E-state index in [1.54, 1.807) is 18.3 Å². The van der Waals surface area contributed by atoms with Gasteiger partial charge < -0.3 is 15.4 Å². The molecule has 0 aliphatic carbocycles. The van der Waals surface area contributed by atoms with E-state index in [0.717, 1.165) is 7.11 Å². The molecule has 1 heterocycles. The van der Waals surface area contributed by atoms with Gasteiger partial charge in [0, 0.05) is 12.6 Å². The standard InChI is InChI=1S/C13H16F3N3O3/c1-4-10(20)19-12(11(21)22-3,13(14,15)16)18-9-7-8(2)5-6-17-9/h5-7H,4H2,1-3H3,(H,17,18)(H,19,20). The maximum Gasteiger partial charge on any atom is 0.441 e. The minimum atomic E-state index is -5.14. The molecule has 6 nitrogen and oxygen atoms in total. The third-order valence-corrected chi connectivity index (χ3v) is 2.80. The summed E-state index contributed by atoms with van der Waals surface area (Å²) in [5.41, 5.74) is -2.78. The van der Waals surface area contributed by atoms with E-state index in [1.165, 1.54) is 19.2 Å². The molecule has 1 unspecified atom stereocenters. The van der Waals surface area contributed by atoms with Gasteiger partial charge in [0.2, 0.25) is 5.91 Å². The van der Waals surface area contributed by atoms with Crippen LogP contribution in [0.1, 0.15) is 18.9 Å². The van der Waals surface area contributed by atoms with Gasteiger partial charge in [-0.2, -0.15) is 13.2 Å². The van der Waals surface area contributed by atoms with E-state index in [4.69, 9.17) is 0 Å². The van der Waals surface area contributed by atoms with Gasteiger partial charge in [-0.3, -0.25) is 4.79 Å². The topological polar surface area (TPSA) is 80.3 Å². The van der Waals surface area contributed by atoms with Gasteiger partial charge in [-0.05, 0) is 24.6 Å². The van der Waals surface area contributed by atoms with Crippen molar-refractivity contribution in [3.8, 4) is 0 Å². The Morgan fingerprint density at radius 2 is 2.00 bits per heavy atom. The number of amides is 1. The first-order chi connectivity index (χ1) is 10.2. The zero-order valence-corrected chi connectivity index (χ0v) is 12.2. The van der Waals surface area contributed by atoms with Crippen LogP contribution in [0.5, 0.6) is 0 Å². The molecule has 1 amide bonds. The highest BCUT2D eigenvalue weighted by atomic mass is 19.4. The van der Waals surface area contributed by atoms with Crippen molar-refractivity contribution in [3.05, 3.63) is 23.9 Å². The van der Waals surface area contributed by atoms with Crippen LogP contribution in [-0.2, 0) is 14.3 Å². The summed E-state index contributed by atoms with van der Waals surface area (Å²) < 4.78 is 44.7. The third kappa shape index (κ3) is 3.66. The second kappa shape index (κ2) is 6.63. The van der Waals surface area contributed by atoms with Crippen LogP contribution in [0.2, 0.25) is 0 Å². The van der Waals surface area contributed by atoms with E-state index in [-0.39, 0.29) is 12.2 Å². The summed E-state index contributed by atoms with van der Waals surface area (Å²) in [5, 5.41) is 3.60. The van der Waals surface area contributed by atoms with Crippen LogP contribution in [0.25, 0.3) is 0 Å². The van der Waals surface area contributed by atoms with Crippen molar-refractivity contribution in [1.29, 1.82) is 0 Å². The predicted molar refractivity (Wildman–Crippen MR) is 71.8 cm³/mol. The van der Waals surface area contributed by atoms with Crippen LogP contribution in [0.4, 0.5) is 19.0 Å². The van der Waals surface area contributed by atoms with E-state index in [1.807, 2.05) is 5.32 Å². The molecule has 0 aliphatic heterocycles. The summed E-state index contributed by atoms with van der Waals surface area (Å²) in [6, 6.07) is 2.88. The lowest BCUT2D eigenvalue weighted by Gasteiger charge is -2.34. The first-order valence-electron chi connectivity index (χ1n) is 6.33. The first kappa shape index (κ1) is 17.7. The molecule has 1 atom stereocenters. The number of pyridine rings is 1. The van der Waals surface area contributed by atoms with E-state index in [9.17, 15) is 22.8 Å². The smallest absolute Gasteiger partial charge is 0.441 e. The van der Waals surface area contributed by atoms with Crippen LogP contribution in [0.3, 0.4) is 0 Å². The fraction of sp³-hybridized carbons (Fsp3) is 0.462. The summed E-state index contributed by atoms with van der Waals surface area (Å²) in [4.78, 5) is 27.0. The predicted octanol–water partition coefficient (Wildman–Crippen LogP) is 1.76. The molecule has 0 fully saturated rings. The van der Waals surface area contributed by atoms with Crippen molar-refractivity contribution in [2.24, 2.45) is 0 Å². The molecular formula is C13H16F3N3O3. The van der Waals surface area contributed by atoms with Gasteiger partial charge in [0.05, 0.1) is 7.11 Å². The molecule has 1 rings (SSSR count). The van der Waals surface area contributed by atoms with Gasteiger partial charge >= 0.3 is 17.8 Å². The lowest BCUT2D eigenvalue weighted by atomic mass is 10.1. The second-order valence-electron chi connectivity index (χ2n) is 4.48. The Morgan fingerprint density at radius 3 is 2.45 bits per heavy atom. The van der Waals surface area contributed by atoms with Crippen LogP contribution in [0, 0.1) is 6.92 Å². The molecule has 2 N–H and O–H groups in total. The molecule has 0 aliphatic rings. The van der Waals surface area contributed by atoms with Crippen molar-refractivity contribution < 1.29 is 27.5 Å². The number of alkyl halides is 3. The number of carbonyl (C=O) groups excluding carboxylic acids is 2. The number of carbonyl (C=O) groups is 2. The molecule has 0 saturated heterocycles. The van der Waals surface area contributed by atoms with Gasteiger partial charge in [0.1, 0.15) is 5.82 Å². The summed E-state index contributed by atoms with van der Waals surface area (Å²) in [7, 11) is 0.798. The number of esters is 1. The number of rotatable bonds is 5. The van der Waals surface area contributed by atoms with E-state index in [0.29, 0.717) is 5.56 Å². The third-order valence-electron chi connectivity index (χ3n) is 2.80. The van der Waals surface area contributed by atoms with Crippen LogP contribution in [-0.4, -0.2) is 35.8 Å². The number of hydrogen-bond acceptors (Lipinski definition) is 5. The maximum atomic E-state index is 13.5. The Hall–Kier alpha value is -2.32. The van der Waals surface area contributed by atoms with Gasteiger partial charge in [-0.15, -0.1) is 0 Å². The Morgan fingerprint density at radius 1 is 1.36 bits per heavy atom. The number of ether oxygens (including phenoxy) is 1. The molecule has 0 spiro atoms. The summed E-state index contributed by atoms with van der Waals surface area (Å²) in [6.07, 6.45) is -4.11. The normalized spacial score (nSPS) is 13.9. The Bertz CT molecular complexity index is 563. The summed E-state index contributed by atoms with van der Waals surface area (Å²) in [5.74, 6) is -2.88. The fourth-order valence-corrected chi connectivity index (χ4v) is 1.64. The number of aromatic nitrogens is 1. The quantitative estimate of drug-likeness (QED) is 0.638. The highest BCUT2D eigenvalue weighted by Gasteiger charge is 2.63. The van der Waals surface area contributed by atoms with Crippen molar-refractivity contribution in [3.63, 3.8) is 0 Å². The SMILES string of the molecule is CCC(=O)NC(Nc1cc(C)ccn1)(C(=O)OC)C(F)(F)F. The van der Waals surface area contributed by atoms with E-state index < -0.39 is 23.7 Å². The number of nitrogens with one attached hydrogen (secondary N) is 2. The highest BCUT2D eigenvalue weighted by Crippen LogP contribution is 2.32. The van der Waals surface area contributed by atoms with Gasteiger partial charge in [0.25, 0.3) is 0 Å². The Balaban J connectivity index is 3.35. The van der Waals surface area contributed by atoms with Crippen LogP contribution < -0.4 is 10.6 Å². The van der Waals surface area contributed by atoms with Crippen molar-refractivity contribution >= 4 is 17.7 Å². The minimum absolute atomic E-state index is 0.223. The zero-order chi connectivity index (χ0) is 17.0. The molecule has 122 valence electrons. The first-order valence-corrected chi connectivity index (χ1v) is 6.33. The Kier molecular flexibility index (Phi) is 5.34. The van der Waals surface area contributed by atoms with Gasteiger partial charge in [-0.25, -0.2) is 9.78 Å². The Labute approximate surface area is 125 Å². The number of methoxy groups -OCH3 is 1. The average Bonchev–Trinajstić information content (AvgIpc) is 2.44. The zero-order valence-electron chi connectivity index (χ0n) is 12.2. The molecule has 0 bridgehead atoms. The van der Waals surface area contributed by atoms with E-state index >= 15 is 0 Å². The molecule has 1 aromatic rings. The number of nitrogens with zero attached hydrogens (tertiary/aromatic N) is 1. The summed E-state index contributed by atoms with van der Waals surface area (Å²) in [6.45, 7) is 3.00. The number of halogens is 3.